The van der Waals surface area contributed by atoms with Crippen LogP contribution >= 0.6 is 0 Å². The van der Waals surface area contributed by atoms with Gasteiger partial charge in [-0.3, -0.25) is 14.5 Å². The van der Waals surface area contributed by atoms with Gasteiger partial charge < -0.3 is 40.0 Å². The number of nitrogens with zero attached hydrogens (tertiary/aromatic N) is 5. The number of aromatic nitrogens is 2. The van der Waals surface area contributed by atoms with Crippen LogP contribution in [-0.2, 0) is 22.7 Å². The van der Waals surface area contributed by atoms with E-state index in [-0.39, 0.29) is 59.8 Å². The second-order valence-corrected chi connectivity index (χ2v) is 15.2. The molecule has 60 heavy (non-hydrogen) atoms. The van der Waals surface area contributed by atoms with Gasteiger partial charge in [-0.2, -0.15) is 13.8 Å². The van der Waals surface area contributed by atoms with E-state index in [1.807, 2.05) is 54.6 Å². The van der Waals surface area contributed by atoms with Gasteiger partial charge in [0.1, 0.15) is 36.2 Å². The molecule has 3 aromatic carbocycles. The first-order valence-corrected chi connectivity index (χ1v) is 20.1. The highest BCUT2D eigenvalue weighted by molar-refractivity contribution is 6.02. The lowest BCUT2D eigenvalue weighted by atomic mass is 10.0. The lowest BCUT2D eigenvalue weighted by Gasteiger charge is -2.32. The number of hydrogen-bond acceptors (Lipinski definition) is 11. The number of benzene rings is 3. The number of ether oxygens (including phenoxy) is 3. The highest BCUT2D eigenvalue weighted by atomic mass is 19.3. The molecular weight excluding hydrogens is 782 g/mol. The zero-order valence-corrected chi connectivity index (χ0v) is 33.6. The van der Waals surface area contributed by atoms with Crippen molar-refractivity contribution < 1.29 is 41.8 Å². The van der Waals surface area contributed by atoms with Crippen molar-refractivity contribution in [3.8, 4) is 11.5 Å². The molecule has 17 heteroatoms. The maximum Gasteiger partial charge on any atom is 0.407 e. The van der Waals surface area contributed by atoms with E-state index in [1.54, 1.807) is 0 Å². The number of rotatable bonds is 14. The molecule has 1 aliphatic carbocycles. The molecular formula is C43H49F3N8O6. The first-order chi connectivity index (χ1) is 29.0. The van der Waals surface area contributed by atoms with Crippen molar-refractivity contribution in [1.29, 1.82) is 0 Å². The maximum absolute atomic E-state index is 15.6. The number of alkyl halides is 2. The van der Waals surface area contributed by atoms with Gasteiger partial charge in [0.2, 0.25) is 5.95 Å². The Morgan fingerprint density at radius 3 is 2.42 bits per heavy atom. The highest BCUT2D eigenvalue weighted by Gasteiger charge is 2.49. The average Bonchev–Trinajstić information content (AvgIpc) is 3.78. The monoisotopic (exact) mass is 830 g/mol. The van der Waals surface area contributed by atoms with E-state index in [0.717, 1.165) is 48.0 Å². The van der Waals surface area contributed by atoms with Crippen molar-refractivity contribution in [3.05, 3.63) is 95.4 Å². The highest BCUT2D eigenvalue weighted by Crippen LogP contribution is 2.40. The number of carbonyl (C=O) groups excluding carboxylic acids is 3. The summed E-state index contributed by atoms with van der Waals surface area (Å²) in [6.45, 7) is 2.14. The Bertz CT molecular complexity index is 2130. The molecule has 1 aromatic heterocycles. The van der Waals surface area contributed by atoms with Crippen LogP contribution in [0, 0.1) is 5.82 Å². The van der Waals surface area contributed by atoms with Gasteiger partial charge in [0, 0.05) is 44.8 Å². The number of alkyl carbamates (subject to hydrolysis) is 1. The summed E-state index contributed by atoms with van der Waals surface area (Å²) in [5.41, 5.74) is 2.09. The summed E-state index contributed by atoms with van der Waals surface area (Å²) < 4.78 is 62.1. The molecule has 1 saturated heterocycles. The second-order valence-electron chi connectivity index (χ2n) is 15.2. The topological polar surface area (TPSA) is 150 Å². The minimum atomic E-state index is -3.63. The first kappa shape index (κ1) is 42.0. The van der Waals surface area contributed by atoms with Crippen LogP contribution in [0.1, 0.15) is 60.0 Å². The van der Waals surface area contributed by atoms with E-state index in [9.17, 15) is 14.4 Å². The van der Waals surface area contributed by atoms with Crippen molar-refractivity contribution >= 4 is 41.0 Å². The van der Waals surface area contributed by atoms with Crippen LogP contribution in [0.5, 0.6) is 11.5 Å². The molecule has 2 aliphatic heterocycles. The van der Waals surface area contributed by atoms with Crippen LogP contribution in [0.2, 0.25) is 0 Å². The Labute approximate surface area is 346 Å². The summed E-state index contributed by atoms with van der Waals surface area (Å²) in [6.07, 6.45) is 5.27. The molecule has 3 N–H and O–H groups in total. The van der Waals surface area contributed by atoms with Gasteiger partial charge in [-0.15, -0.1) is 0 Å². The molecule has 2 fully saturated rings. The lowest BCUT2D eigenvalue weighted by Crippen LogP contribution is -2.48. The average molecular weight is 831 g/mol. The van der Waals surface area contributed by atoms with Gasteiger partial charge in [0.15, 0.2) is 5.82 Å². The van der Waals surface area contributed by atoms with Crippen LogP contribution < -0.4 is 35.2 Å². The molecule has 7 rings (SSSR count). The summed E-state index contributed by atoms with van der Waals surface area (Å²) in [5, 5.41) is 8.56. The fourth-order valence-electron chi connectivity index (χ4n) is 7.76. The maximum atomic E-state index is 15.6. The number of nitrogens with one attached hydrogen (secondary N) is 3. The molecule has 318 valence electrons. The van der Waals surface area contributed by atoms with Crippen molar-refractivity contribution in [2.45, 2.75) is 69.7 Å². The first-order valence-electron chi connectivity index (χ1n) is 20.1. The van der Waals surface area contributed by atoms with Gasteiger partial charge in [0.25, 0.3) is 11.8 Å². The third-order valence-electron chi connectivity index (χ3n) is 11.0. The zero-order valence-electron chi connectivity index (χ0n) is 33.6. The predicted molar refractivity (Wildman–Crippen MR) is 219 cm³/mol. The number of fused-ring (bicyclic) bond motifs is 1. The van der Waals surface area contributed by atoms with E-state index in [1.165, 1.54) is 31.3 Å². The van der Waals surface area contributed by atoms with Crippen LogP contribution in [-0.4, -0.2) is 97.7 Å². The molecule has 4 aromatic rings. The molecule has 0 spiro atoms. The standard InChI is InChI=1S/C43H49F3N8O6/c1-52-36-24-48-41(51-38(36)54(31-10-6-7-11-31)27-43(45,46)40(52)56)50-35-23-34(44)33(22-37(35)58-2)39(55)49-30-16-19-53(20-17-30)25-28-12-14-32(15-13-28)59-21-18-47-42(57)60-26-29-8-4-3-5-9-29/h3-5,8-9,12-15,22-24,30-31H,6-7,10-11,16-21,25-27H2,1-2H3,(H,47,57)(H,49,55)(H,48,50,51). The SMILES string of the molecule is COc1cc(C(=O)NC2CCN(Cc3ccc(OCCNC(=O)OCc4ccccc4)cc3)CC2)c(F)cc1Nc1ncc2c(n1)N(C1CCCC1)CC(F)(F)C(=O)N2C. The Hall–Kier alpha value is -6.10. The van der Waals surface area contributed by atoms with Crippen molar-refractivity contribution in [2.75, 3.05) is 62.1 Å². The molecule has 3 aliphatic rings. The number of likely N-dealkylation sites (tertiary alicyclic amines) is 1. The Balaban J connectivity index is 0.887. The van der Waals surface area contributed by atoms with E-state index in [4.69, 9.17) is 14.2 Å². The number of amides is 3. The minimum absolute atomic E-state index is 0.0165. The fraction of sp³-hybridized carbons (Fsp3) is 0.419. The van der Waals surface area contributed by atoms with Gasteiger partial charge in [0.05, 0.1) is 37.6 Å². The van der Waals surface area contributed by atoms with Crippen molar-refractivity contribution in [1.82, 2.24) is 25.5 Å². The van der Waals surface area contributed by atoms with Crippen molar-refractivity contribution in [3.63, 3.8) is 0 Å². The summed E-state index contributed by atoms with van der Waals surface area (Å²) in [4.78, 5) is 51.4. The van der Waals surface area contributed by atoms with Gasteiger partial charge in [-0.05, 0) is 55.0 Å². The molecule has 1 saturated carbocycles. The fourth-order valence-corrected chi connectivity index (χ4v) is 7.76. The van der Waals surface area contributed by atoms with Gasteiger partial charge in [-0.1, -0.05) is 55.3 Å². The second kappa shape index (κ2) is 18.9. The zero-order chi connectivity index (χ0) is 42.2. The number of anilines is 4. The smallest absolute Gasteiger partial charge is 0.407 e. The van der Waals surface area contributed by atoms with Crippen LogP contribution in [0.4, 0.5) is 41.1 Å². The Morgan fingerprint density at radius 1 is 0.967 bits per heavy atom. The number of piperidine rings is 1. The number of hydrogen-bond donors (Lipinski definition) is 3. The molecule has 14 nitrogen and oxygen atoms in total. The summed E-state index contributed by atoms with van der Waals surface area (Å²) in [7, 11) is 2.65. The van der Waals surface area contributed by atoms with Crippen LogP contribution in [0.25, 0.3) is 0 Å². The summed E-state index contributed by atoms with van der Waals surface area (Å²) >= 11 is 0. The van der Waals surface area contributed by atoms with E-state index >= 15 is 13.2 Å². The van der Waals surface area contributed by atoms with Gasteiger partial charge >= 0.3 is 12.0 Å². The Kier molecular flexibility index (Phi) is 13.2. The number of halogens is 3. The summed E-state index contributed by atoms with van der Waals surface area (Å²) in [5.74, 6) is -5.35. The molecule has 3 heterocycles. The third-order valence-corrected chi connectivity index (χ3v) is 11.0. The van der Waals surface area contributed by atoms with Crippen LogP contribution in [0.3, 0.4) is 0 Å². The molecule has 0 atom stereocenters. The lowest BCUT2D eigenvalue weighted by molar-refractivity contribution is -0.140. The minimum Gasteiger partial charge on any atom is -0.495 e. The third kappa shape index (κ3) is 10.2. The number of carbonyl (C=O) groups is 3. The van der Waals surface area contributed by atoms with Gasteiger partial charge in [-0.25, -0.2) is 14.2 Å². The molecule has 3 amide bonds. The van der Waals surface area contributed by atoms with Crippen LogP contribution in [0.15, 0.2) is 72.9 Å². The van der Waals surface area contributed by atoms with E-state index in [0.29, 0.717) is 44.5 Å². The van der Waals surface area contributed by atoms with E-state index in [2.05, 4.69) is 30.8 Å². The summed E-state index contributed by atoms with van der Waals surface area (Å²) in [6, 6.07) is 19.2. The normalized spacial score (nSPS) is 17.1. The largest absolute Gasteiger partial charge is 0.495 e. The Morgan fingerprint density at radius 2 is 1.70 bits per heavy atom. The predicted octanol–water partition coefficient (Wildman–Crippen LogP) is 6.43. The number of methoxy groups -OCH3 is 1. The molecule has 0 bridgehead atoms. The molecule has 0 unspecified atom stereocenters. The van der Waals surface area contributed by atoms with Crippen molar-refractivity contribution in [2.24, 2.45) is 0 Å². The quantitative estimate of drug-likeness (QED) is 0.121. The van der Waals surface area contributed by atoms with E-state index < -0.39 is 36.2 Å². The molecule has 0 radical (unpaired) electrons.